The summed E-state index contributed by atoms with van der Waals surface area (Å²) in [6.45, 7) is 2.40. The Hall–Kier alpha value is -3.29. The van der Waals surface area contributed by atoms with Gasteiger partial charge in [0.25, 0.3) is 0 Å². The number of hydrogen-bond donors (Lipinski definition) is 1. The molecule has 0 bridgehead atoms. The molecule has 0 spiro atoms. The number of hydrogen-bond acceptors (Lipinski definition) is 5. The summed E-state index contributed by atoms with van der Waals surface area (Å²) in [6, 6.07) is 10.9. The fraction of sp³-hybridized carbons (Fsp3) is 0.333. The molecule has 0 radical (unpaired) electrons. The average Bonchev–Trinajstić information content (AvgIpc) is 2.77. The van der Waals surface area contributed by atoms with E-state index in [-0.39, 0.29) is 37.0 Å². The van der Waals surface area contributed by atoms with Crippen LogP contribution < -0.4 is 10.2 Å². The Balaban J connectivity index is 1.36. The van der Waals surface area contributed by atoms with Gasteiger partial charge >= 0.3 is 0 Å². The summed E-state index contributed by atoms with van der Waals surface area (Å²) in [7, 11) is 0. The van der Waals surface area contributed by atoms with Crippen LogP contribution >= 0.6 is 0 Å². The van der Waals surface area contributed by atoms with Crippen molar-refractivity contribution in [3.8, 4) is 0 Å². The number of halogens is 1. The van der Waals surface area contributed by atoms with Gasteiger partial charge in [0.15, 0.2) is 5.78 Å². The van der Waals surface area contributed by atoms with E-state index < -0.39 is 5.82 Å². The smallest absolute Gasteiger partial charge is 0.242 e. The Morgan fingerprint density at radius 1 is 0.966 bits per heavy atom. The van der Waals surface area contributed by atoms with Gasteiger partial charge in [-0.2, -0.15) is 0 Å². The minimum absolute atomic E-state index is 0.00834. The number of anilines is 1. The molecule has 1 aromatic heterocycles. The maximum Gasteiger partial charge on any atom is 0.242 e. The molecule has 29 heavy (non-hydrogen) atoms. The summed E-state index contributed by atoms with van der Waals surface area (Å²) in [6.07, 6.45) is 1.73. The first kappa shape index (κ1) is 20.4. The predicted molar refractivity (Wildman–Crippen MR) is 106 cm³/mol. The first-order chi connectivity index (χ1) is 14.0. The molecular weight excluding hydrogens is 375 g/mol. The zero-order chi connectivity index (χ0) is 20.6. The quantitative estimate of drug-likeness (QED) is 0.717. The monoisotopic (exact) mass is 398 g/mol. The second-order valence-corrected chi connectivity index (χ2v) is 6.76. The van der Waals surface area contributed by atoms with Gasteiger partial charge in [-0.3, -0.25) is 14.4 Å². The molecule has 2 aromatic rings. The van der Waals surface area contributed by atoms with Crippen molar-refractivity contribution in [3.05, 3.63) is 60.0 Å². The van der Waals surface area contributed by atoms with E-state index in [0.29, 0.717) is 31.7 Å². The fourth-order valence-electron chi connectivity index (χ4n) is 3.11. The number of carbonyl (C=O) groups is 3. The van der Waals surface area contributed by atoms with Crippen LogP contribution in [-0.4, -0.2) is 60.2 Å². The van der Waals surface area contributed by atoms with Gasteiger partial charge in [0.2, 0.25) is 11.8 Å². The number of ketones is 1. The summed E-state index contributed by atoms with van der Waals surface area (Å²) < 4.78 is 12.9. The van der Waals surface area contributed by atoms with Crippen molar-refractivity contribution in [2.45, 2.75) is 12.8 Å². The molecule has 152 valence electrons. The average molecular weight is 398 g/mol. The molecule has 0 aliphatic carbocycles. The third-order valence-corrected chi connectivity index (χ3v) is 4.79. The Morgan fingerprint density at radius 2 is 1.69 bits per heavy atom. The van der Waals surface area contributed by atoms with Gasteiger partial charge < -0.3 is 15.1 Å². The molecule has 2 amide bonds. The molecule has 2 heterocycles. The molecule has 3 rings (SSSR count). The number of Topliss-reactive ketones (excluding diaryl/α,β-unsaturated/α-hetero) is 1. The molecule has 1 fully saturated rings. The Kier molecular flexibility index (Phi) is 6.89. The zero-order valence-electron chi connectivity index (χ0n) is 16.0. The summed E-state index contributed by atoms with van der Waals surface area (Å²) >= 11 is 0. The van der Waals surface area contributed by atoms with Crippen LogP contribution in [0.2, 0.25) is 0 Å². The van der Waals surface area contributed by atoms with E-state index >= 15 is 0 Å². The van der Waals surface area contributed by atoms with Crippen LogP contribution in [0.15, 0.2) is 48.7 Å². The highest BCUT2D eigenvalue weighted by molar-refractivity contribution is 5.98. The first-order valence-corrected chi connectivity index (χ1v) is 9.52. The van der Waals surface area contributed by atoms with Crippen molar-refractivity contribution < 1.29 is 18.8 Å². The van der Waals surface area contributed by atoms with Gasteiger partial charge in [0, 0.05) is 50.8 Å². The molecule has 7 nitrogen and oxygen atoms in total. The maximum atomic E-state index is 12.9. The van der Waals surface area contributed by atoms with Crippen LogP contribution in [-0.2, 0) is 9.59 Å². The van der Waals surface area contributed by atoms with Crippen LogP contribution in [0, 0.1) is 5.82 Å². The Labute approximate surface area is 168 Å². The minimum atomic E-state index is -0.418. The van der Waals surface area contributed by atoms with Gasteiger partial charge in [0.1, 0.15) is 11.6 Å². The number of pyridine rings is 1. The van der Waals surface area contributed by atoms with E-state index in [1.165, 1.54) is 24.3 Å². The first-order valence-electron chi connectivity index (χ1n) is 9.52. The van der Waals surface area contributed by atoms with Gasteiger partial charge in [0.05, 0.1) is 6.54 Å². The van der Waals surface area contributed by atoms with E-state index in [1.807, 2.05) is 18.2 Å². The minimum Gasteiger partial charge on any atom is -0.353 e. The van der Waals surface area contributed by atoms with Gasteiger partial charge in [-0.05, 0) is 36.4 Å². The van der Waals surface area contributed by atoms with Crippen LogP contribution in [0.1, 0.15) is 23.2 Å². The second kappa shape index (κ2) is 9.77. The number of amides is 2. The molecule has 1 aliphatic rings. The van der Waals surface area contributed by atoms with Crippen molar-refractivity contribution in [3.63, 3.8) is 0 Å². The lowest BCUT2D eigenvalue weighted by atomic mass is 10.1. The van der Waals surface area contributed by atoms with Crippen molar-refractivity contribution >= 4 is 23.4 Å². The Morgan fingerprint density at radius 3 is 2.34 bits per heavy atom. The third-order valence-electron chi connectivity index (χ3n) is 4.79. The molecule has 0 unspecified atom stereocenters. The number of aromatic nitrogens is 1. The second-order valence-electron chi connectivity index (χ2n) is 6.76. The number of piperazine rings is 1. The van der Waals surface area contributed by atoms with Gasteiger partial charge in [-0.1, -0.05) is 6.07 Å². The van der Waals surface area contributed by atoms with Crippen molar-refractivity contribution in [1.29, 1.82) is 0 Å². The van der Waals surface area contributed by atoms with Crippen LogP contribution in [0.5, 0.6) is 0 Å². The van der Waals surface area contributed by atoms with Gasteiger partial charge in [-0.15, -0.1) is 0 Å². The molecule has 8 heteroatoms. The highest BCUT2D eigenvalue weighted by Crippen LogP contribution is 2.12. The molecular formula is C21H23FN4O3. The summed E-state index contributed by atoms with van der Waals surface area (Å²) in [5.41, 5.74) is 0.362. The summed E-state index contributed by atoms with van der Waals surface area (Å²) in [5, 5.41) is 2.57. The van der Waals surface area contributed by atoms with Crippen LogP contribution in [0.25, 0.3) is 0 Å². The highest BCUT2D eigenvalue weighted by atomic mass is 19.1. The molecule has 0 atom stereocenters. The number of rotatable bonds is 7. The SMILES string of the molecule is O=C(CCC(=O)c1ccc(F)cc1)NCC(=O)N1CCN(c2ccccn2)CC1. The fourth-order valence-corrected chi connectivity index (χ4v) is 3.11. The zero-order valence-corrected chi connectivity index (χ0v) is 16.0. The van der Waals surface area contributed by atoms with Crippen molar-refractivity contribution in [2.24, 2.45) is 0 Å². The summed E-state index contributed by atoms with van der Waals surface area (Å²) in [5.74, 6) is -0.278. The molecule has 1 N–H and O–H groups in total. The Bertz CT molecular complexity index is 850. The lowest BCUT2D eigenvalue weighted by molar-refractivity contribution is -0.133. The lowest BCUT2D eigenvalue weighted by Gasteiger charge is -2.35. The van der Waals surface area contributed by atoms with E-state index in [9.17, 15) is 18.8 Å². The number of nitrogens with zero attached hydrogens (tertiary/aromatic N) is 3. The topological polar surface area (TPSA) is 82.6 Å². The predicted octanol–water partition coefficient (Wildman–Crippen LogP) is 1.65. The van der Waals surface area contributed by atoms with Crippen LogP contribution in [0.4, 0.5) is 10.2 Å². The van der Waals surface area contributed by atoms with E-state index in [4.69, 9.17) is 0 Å². The van der Waals surface area contributed by atoms with Crippen molar-refractivity contribution in [1.82, 2.24) is 15.2 Å². The molecule has 0 saturated carbocycles. The number of nitrogens with one attached hydrogen (secondary N) is 1. The molecule has 1 saturated heterocycles. The third kappa shape index (κ3) is 5.84. The lowest BCUT2D eigenvalue weighted by Crippen LogP contribution is -2.51. The van der Waals surface area contributed by atoms with Crippen molar-refractivity contribution in [2.75, 3.05) is 37.6 Å². The normalized spacial score (nSPS) is 13.8. The van der Waals surface area contributed by atoms with Crippen LogP contribution in [0.3, 0.4) is 0 Å². The molecule has 1 aliphatic heterocycles. The number of carbonyl (C=O) groups excluding carboxylic acids is 3. The highest BCUT2D eigenvalue weighted by Gasteiger charge is 2.22. The standard InChI is InChI=1S/C21H23FN4O3/c22-17-6-4-16(5-7-17)18(27)8-9-20(28)24-15-21(29)26-13-11-25(12-14-26)19-3-1-2-10-23-19/h1-7,10H,8-9,11-15H2,(H,24,28). The van der Waals surface area contributed by atoms with E-state index in [2.05, 4.69) is 15.2 Å². The number of benzene rings is 1. The van der Waals surface area contributed by atoms with E-state index in [0.717, 1.165) is 5.82 Å². The van der Waals surface area contributed by atoms with E-state index in [1.54, 1.807) is 11.1 Å². The largest absolute Gasteiger partial charge is 0.353 e. The van der Waals surface area contributed by atoms with Gasteiger partial charge in [-0.25, -0.2) is 9.37 Å². The molecule has 1 aromatic carbocycles. The summed E-state index contributed by atoms with van der Waals surface area (Å²) in [4.78, 5) is 44.4. The maximum absolute atomic E-state index is 12.9.